The Kier molecular flexibility index (Phi) is 4.39. The van der Waals surface area contributed by atoms with Crippen LogP contribution >= 0.6 is 0 Å². The fourth-order valence-electron chi connectivity index (χ4n) is 5.00. The van der Waals surface area contributed by atoms with Crippen molar-refractivity contribution in [1.29, 1.82) is 0 Å². The van der Waals surface area contributed by atoms with Crippen molar-refractivity contribution >= 4 is 10.8 Å². The first-order chi connectivity index (χ1) is 14.1. The molecule has 0 bridgehead atoms. The zero-order chi connectivity index (χ0) is 20.1. The highest BCUT2D eigenvalue weighted by molar-refractivity contribution is 5.90. The lowest BCUT2D eigenvalue weighted by Gasteiger charge is -2.48. The highest BCUT2D eigenvalue weighted by atomic mass is 16.5. The maximum absolute atomic E-state index is 6.76. The summed E-state index contributed by atoms with van der Waals surface area (Å²) in [5.41, 5.74) is 3.74. The van der Waals surface area contributed by atoms with E-state index in [0.29, 0.717) is 12.0 Å². The van der Waals surface area contributed by atoms with Crippen molar-refractivity contribution in [2.24, 2.45) is 5.92 Å². The molecule has 4 heteroatoms. The number of benzene rings is 3. The van der Waals surface area contributed by atoms with Crippen LogP contribution in [0, 0.1) is 5.92 Å². The Morgan fingerprint density at radius 1 is 0.966 bits per heavy atom. The van der Waals surface area contributed by atoms with Crippen molar-refractivity contribution < 1.29 is 14.2 Å². The summed E-state index contributed by atoms with van der Waals surface area (Å²) in [5.74, 6) is 3.02. The Balaban J connectivity index is 1.70. The number of fused-ring (bicyclic) bond motifs is 6. The third-order valence-corrected chi connectivity index (χ3v) is 6.30. The summed E-state index contributed by atoms with van der Waals surface area (Å²) in [7, 11) is 3.37. The molecule has 0 fully saturated rings. The van der Waals surface area contributed by atoms with Crippen molar-refractivity contribution in [2.45, 2.75) is 32.5 Å². The Morgan fingerprint density at radius 3 is 2.48 bits per heavy atom. The Labute approximate surface area is 172 Å². The highest BCUT2D eigenvalue weighted by Gasteiger charge is 2.42. The van der Waals surface area contributed by atoms with E-state index in [0.717, 1.165) is 30.2 Å². The maximum atomic E-state index is 6.76. The van der Waals surface area contributed by atoms with Gasteiger partial charge in [0.05, 0.1) is 14.2 Å². The van der Waals surface area contributed by atoms with Gasteiger partial charge in [0.1, 0.15) is 5.75 Å². The predicted octanol–water partition coefficient (Wildman–Crippen LogP) is 5.50. The first-order valence-electron chi connectivity index (χ1n) is 10.3. The molecule has 3 aromatic carbocycles. The highest BCUT2D eigenvalue weighted by Crippen LogP contribution is 2.51. The van der Waals surface area contributed by atoms with Crippen LogP contribution in [0.4, 0.5) is 0 Å². The molecule has 29 heavy (non-hydrogen) atoms. The number of hydrogen-bond donors (Lipinski definition) is 0. The molecule has 2 aliphatic heterocycles. The van der Waals surface area contributed by atoms with Gasteiger partial charge < -0.3 is 14.2 Å². The van der Waals surface area contributed by atoms with Crippen LogP contribution in [-0.4, -0.2) is 25.7 Å². The van der Waals surface area contributed by atoms with Crippen LogP contribution in [0.3, 0.4) is 0 Å². The van der Waals surface area contributed by atoms with E-state index in [-0.39, 0.29) is 6.23 Å². The fourth-order valence-corrected chi connectivity index (χ4v) is 5.00. The van der Waals surface area contributed by atoms with Crippen molar-refractivity contribution in [1.82, 2.24) is 4.90 Å². The average Bonchev–Trinajstić information content (AvgIpc) is 2.76. The molecule has 2 aliphatic rings. The largest absolute Gasteiger partial charge is 0.493 e. The van der Waals surface area contributed by atoms with Crippen molar-refractivity contribution in [3.05, 3.63) is 65.2 Å². The van der Waals surface area contributed by atoms with Gasteiger partial charge >= 0.3 is 0 Å². The summed E-state index contributed by atoms with van der Waals surface area (Å²) in [5, 5.41) is 2.40. The van der Waals surface area contributed by atoms with E-state index in [2.05, 4.69) is 67.3 Å². The molecule has 0 spiro atoms. The minimum Gasteiger partial charge on any atom is -0.493 e. The van der Waals surface area contributed by atoms with Crippen molar-refractivity contribution in [3.8, 4) is 17.2 Å². The summed E-state index contributed by atoms with van der Waals surface area (Å²) >= 11 is 0. The monoisotopic (exact) mass is 389 g/mol. The lowest BCUT2D eigenvalue weighted by Crippen LogP contribution is -2.45. The van der Waals surface area contributed by atoms with Crippen molar-refractivity contribution in [3.63, 3.8) is 0 Å². The second-order valence-electron chi connectivity index (χ2n) is 8.26. The molecule has 3 aromatic rings. The van der Waals surface area contributed by atoms with E-state index in [9.17, 15) is 0 Å². The minimum atomic E-state index is -0.121. The normalized spacial score (nSPS) is 20.6. The molecular weight excluding hydrogens is 362 g/mol. The molecule has 2 heterocycles. The molecule has 0 saturated carbocycles. The smallest absolute Gasteiger partial charge is 0.179 e. The number of methoxy groups -OCH3 is 2. The average molecular weight is 389 g/mol. The van der Waals surface area contributed by atoms with Crippen LogP contribution in [-0.2, 0) is 6.42 Å². The van der Waals surface area contributed by atoms with Crippen LogP contribution < -0.4 is 14.2 Å². The molecule has 0 aliphatic carbocycles. The number of hydrogen-bond acceptors (Lipinski definition) is 4. The molecule has 2 unspecified atom stereocenters. The van der Waals surface area contributed by atoms with Crippen LogP contribution in [0.5, 0.6) is 17.2 Å². The zero-order valence-corrected chi connectivity index (χ0v) is 17.4. The van der Waals surface area contributed by atoms with Crippen LogP contribution in [0.25, 0.3) is 10.8 Å². The van der Waals surface area contributed by atoms with Gasteiger partial charge in [0.2, 0.25) is 0 Å². The molecule has 0 saturated heterocycles. The number of nitrogens with zero attached hydrogens (tertiary/aromatic N) is 1. The van der Waals surface area contributed by atoms with Gasteiger partial charge in [0.25, 0.3) is 0 Å². The van der Waals surface area contributed by atoms with Crippen LogP contribution in [0.2, 0.25) is 0 Å². The Morgan fingerprint density at radius 2 is 1.72 bits per heavy atom. The van der Waals surface area contributed by atoms with E-state index in [4.69, 9.17) is 14.2 Å². The van der Waals surface area contributed by atoms with Crippen LogP contribution in [0.15, 0.2) is 48.5 Å². The molecule has 2 atom stereocenters. The summed E-state index contributed by atoms with van der Waals surface area (Å²) in [6.45, 7) is 5.56. The number of rotatable bonds is 3. The van der Waals surface area contributed by atoms with E-state index >= 15 is 0 Å². The van der Waals surface area contributed by atoms with Gasteiger partial charge in [-0.3, -0.25) is 4.90 Å². The quantitative estimate of drug-likeness (QED) is 0.592. The summed E-state index contributed by atoms with van der Waals surface area (Å²) in [6.07, 6.45) is 0.853. The topological polar surface area (TPSA) is 30.9 Å². The lowest BCUT2D eigenvalue weighted by atomic mass is 9.86. The molecule has 0 radical (unpaired) electrons. The van der Waals surface area contributed by atoms with Gasteiger partial charge in [-0.1, -0.05) is 50.2 Å². The molecule has 150 valence electrons. The van der Waals surface area contributed by atoms with Crippen molar-refractivity contribution in [2.75, 3.05) is 20.8 Å². The SMILES string of the molecule is COc1cc2c(cc1OC)C1Oc3c(ccc4ccccc34)C(C(C)C)N1CC2. The van der Waals surface area contributed by atoms with Gasteiger partial charge in [-0.2, -0.15) is 0 Å². The van der Waals surface area contributed by atoms with Gasteiger partial charge in [0, 0.05) is 29.1 Å². The maximum Gasteiger partial charge on any atom is 0.179 e. The van der Waals surface area contributed by atoms with Gasteiger partial charge in [-0.15, -0.1) is 0 Å². The first-order valence-corrected chi connectivity index (χ1v) is 10.3. The summed E-state index contributed by atoms with van der Waals surface area (Å²) in [6, 6.07) is 17.5. The van der Waals surface area contributed by atoms with E-state index < -0.39 is 0 Å². The zero-order valence-electron chi connectivity index (χ0n) is 17.4. The van der Waals surface area contributed by atoms with E-state index in [1.165, 1.54) is 27.5 Å². The summed E-state index contributed by atoms with van der Waals surface area (Å²) < 4.78 is 17.9. The number of ether oxygens (including phenoxy) is 3. The van der Waals surface area contributed by atoms with E-state index in [1.54, 1.807) is 14.2 Å². The van der Waals surface area contributed by atoms with E-state index in [1.807, 2.05) is 0 Å². The molecule has 0 N–H and O–H groups in total. The third kappa shape index (κ3) is 2.77. The Hall–Kier alpha value is -2.72. The summed E-state index contributed by atoms with van der Waals surface area (Å²) in [4.78, 5) is 2.51. The predicted molar refractivity (Wildman–Crippen MR) is 115 cm³/mol. The molecule has 5 rings (SSSR count). The second kappa shape index (κ2) is 6.96. The third-order valence-electron chi connectivity index (χ3n) is 6.30. The Bertz CT molecular complexity index is 1080. The molecule has 4 nitrogen and oxygen atoms in total. The van der Waals surface area contributed by atoms with Gasteiger partial charge in [0.15, 0.2) is 17.7 Å². The van der Waals surface area contributed by atoms with Gasteiger partial charge in [-0.25, -0.2) is 0 Å². The standard InChI is InChI=1S/C25H27NO3/c1-15(2)23-19-10-9-16-7-5-6-8-18(16)24(19)29-25-20-14-22(28-4)21(27-3)13-17(20)11-12-26(23)25/h5-10,13-15,23,25H,11-12H2,1-4H3. The minimum absolute atomic E-state index is 0.121. The second-order valence-corrected chi connectivity index (χ2v) is 8.26. The lowest BCUT2D eigenvalue weighted by molar-refractivity contribution is -0.0508. The molecule has 0 aromatic heterocycles. The molecule has 0 amide bonds. The van der Waals surface area contributed by atoms with Gasteiger partial charge in [-0.05, 0) is 35.4 Å². The first kappa shape index (κ1) is 18.3. The fraction of sp³-hybridized carbons (Fsp3) is 0.360. The molecular formula is C25H27NO3. The van der Waals surface area contributed by atoms with Crippen LogP contribution in [0.1, 0.15) is 42.8 Å².